The summed E-state index contributed by atoms with van der Waals surface area (Å²) in [5.41, 5.74) is 3.67. The maximum absolute atomic E-state index is 12.6. The van der Waals surface area contributed by atoms with Crippen molar-refractivity contribution in [2.24, 2.45) is 0 Å². The van der Waals surface area contributed by atoms with Crippen molar-refractivity contribution < 1.29 is 9.59 Å². The van der Waals surface area contributed by atoms with Gasteiger partial charge in [-0.15, -0.1) is 0 Å². The molecule has 0 bridgehead atoms. The van der Waals surface area contributed by atoms with E-state index in [0.717, 1.165) is 27.5 Å². The van der Waals surface area contributed by atoms with Crippen LogP contribution in [-0.4, -0.2) is 46.3 Å². The third-order valence-corrected chi connectivity index (χ3v) is 5.27. The molecule has 1 heterocycles. The molecule has 2 amide bonds. The number of imidazole rings is 1. The molecule has 0 aliphatic heterocycles. The molecule has 0 radical (unpaired) electrons. The van der Waals surface area contributed by atoms with Crippen LogP contribution in [0.5, 0.6) is 0 Å². The predicted octanol–water partition coefficient (Wildman–Crippen LogP) is 3.45. The lowest BCUT2D eigenvalue weighted by Gasteiger charge is -2.20. The van der Waals surface area contributed by atoms with E-state index in [9.17, 15) is 9.59 Å². The summed E-state index contributed by atoms with van der Waals surface area (Å²) in [6, 6.07) is 15.5. The van der Waals surface area contributed by atoms with Gasteiger partial charge in [-0.1, -0.05) is 36.0 Å². The first-order valence-corrected chi connectivity index (χ1v) is 10.3. The zero-order chi connectivity index (χ0) is 19.9. The van der Waals surface area contributed by atoms with Gasteiger partial charge in [-0.3, -0.25) is 9.59 Å². The lowest BCUT2D eigenvalue weighted by atomic mass is 10.1. The summed E-state index contributed by atoms with van der Waals surface area (Å²) in [5.74, 6) is 0.479. The highest BCUT2D eigenvalue weighted by atomic mass is 32.2. The number of nitrogens with zero attached hydrogens (tertiary/aromatic N) is 2. The number of para-hydroxylation sites is 2. The van der Waals surface area contributed by atoms with Gasteiger partial charge in [-0.25, -0.2) is 4.98 Å². The summed E-state index contributed by atoms with van der Waals surface area (Å²) in [6.07, 6.45) is 0. The number of nitrogens with one attached hydrogen (secondary N) is 2. The fourth-order valence-electron chi connectivity index (χ4n) is 2.83. The van der Waals surface area contributed by atoms with E-state index in [1.165, 1.54) is 0 Å². The quantitative estimate of drug-likeness (QED) is 0.572. The van der Waals surface area contributed by atoms with Crippen LogP contribution >= 0.6 is 11.8 Å². The van der Waals surface area contributed by atoms with E-state index in [2.05, 4.69) is 15.3 Å². The fourth-order valence-corrected chi connectivity index (χ4v) is 3.67. The Morgan fingerprint density at radius 2 is 1.86 bits per heavy atom. The number of carbonyl (C=O) groups is 2. The Labute approximate surface area is 168 Å². The first-order chi connectivity index (χ1) is 13.6. The number of rotatable bonds is 8. The lowest BCUT2D eigenvalue weighted by Crippen LogP contribution is -2.40. The van der Waals surface area contributed by atoms with E-state index in [4.69, 9.17) is 0 Å². The van der Waals surface area contributed by atoms with E-state index in [1.54, 1.807) is 16.7 Å². The monoisotopic (exact) mass is 396 g/mol. The second-order valence-electron chi connectivity index (χ2n) is 6.32. The minimum atomic E-state index is -0.142. The highest BCUT2D eigenvalue weighted by Gasteiger charge is 2.17. The Morgan fingerprint density at radius 3 is 2.54 bits per heavy atom. The summed E-state index contributed by atoms with van der Waals surface area (Å²) >= 11 is 1.62. The average Bonchev–Trinajstić information content (AvgIpc) is 3.13. The molecule has 0 aliphatic carbocycles. The molecule has 0 aliphatic rings. The van der Waals surface area contributed by atoms with Gasteiger partial charge in [0, 0.05) is 24.4 Å². The predicted molar refractivity (Wildman–Crippen MR) is 112 cm³/mol. The normalized spacial score (nSPS) is 10.8. The number of carbonyl (C=O) groups excluding carboxylic acids is 2. The van der Waals surface area contributed by atoms with Crippen molar-refractivity contribution in [1.82, 2.24) is 20.2 Å². The number of aromatic amines is 1. The van der Waals surface area contributed by atoms with Gasteiger partial charge in [-0.05, 0) is 43.7 Å². The molecule has 0 fully saturated rings. The smallest absolute Gasteiger partial charge is 0.254 e. The average molecular weight is 397 g/mol. The van der Waals surface area contributed by atoms with Gasteiger partial charge in [0.1, 0.15) is 0 Å². The number of amides is 2. The molecule has 6 nitrogen and oxygen atoms in total. The number of hydrogen-bond acceptors (Lipinski definition) is 4. The number of thioether (sulfide) groups is 1. The van der Waals surface area contributed by atoms with Crippen LogP contribution in [0.1, 0.15) is 29.8 Å². The van der Waals surface area contributed by atoms with E-state index in [1.807, 2.05) is 62.4 Å². The molecule has 0 spiro atoms. The number of benzene rings is 2. The molecular formula is C21H24N4O2S. The van der Waals surface area contributed by atoms with Crippen LogP contribution in [0.25, 0.3) is 11.0 Å². The highest BCUT2D eigenvalue weighted by molar-refractivity contribution is 7.98. The van der Waals surface area contributed by atoms with Crippen LogP contribution in [0.4, 0.5) is 0 Å². The highest BCUT2D eigenvalue weighted by Crippen LogP contribution is 2.23. The molecule has 7 heteroatoms. The molecule has 0 atom stereocenters. The molecule has 0 unspecified atom stereocenters. The molecule has 3 rings (SSSR count). The summed E-state index contributed by atoms with van der Waals surface area (Å²) < 4.78 is 0. The van der Waals surface area contributed by atoms with Gasteiger partial charge in [0.15, 0.2) is 5.16 Å². The number of aromatic nitrogens is 2. The summed E-state index contributed by atoms with van der Waals surface area (Å²) in [6.45, 7) is 4.85. The van der Waals surface area contributed by atoms with Crippen LogP contribution < -0.4 is 5.32 Å². The first-order valence-electron chi connectivity index (χ1n) is 9.33. The van der Waals surface area contributed by atoms with Crippen molar-refractivity contribution in [1.29, 1.82) is 0 Å². The maximum atomic E-state index is 12.6. The van der Waals surface area contributed by atoms with Gasteiger partial charge < -0.3 is 15.2 Å². The Balaban J connectivity index is 1.60. The van der Waals surface area contributed by atoms with Crippen LogP contribution in [0.15, 0.2) is 53.7 Å². The van der Waals surface area contributed by atoms with Crippen LogP contribution in [-0.2, 0) is 10.5 Å². The van der Waals surface area contributed by atoms with Gasteiger partial charge in [0.05, 0.1) is 17.6 Å². The second-order valence-corrected chi connectivity index (χ2v) is 7.28. The maximum Gasteiger partial charge on any atom is 0.254 e. The Hall–Kier alpha value is -2.80. The largest absolute Gasteiger partial charge is 0.355 e. The lowest BCUT2D eigenvalue weighted by molar-refractivity contribution is -0.121. The van der Waals surface area contributed by atoms with Crippen LogP contribution in [0.3, 0.4) is 0 Å². The Kier molecular flexibility index (Phi) is 6.71. The molecule has 146 valence electrons. The third-order valence-electron chi connectivity index (χ3n) is 4.32. The van der Waals surface area contributed by atoms with Crippen molar-refractivity contribution in [2.45, 2.75) is 24.8 Å². The zero-order valence-corrected chi connectivity index (χ0v) is 16.9. The zero-order valence-electron chi connectivity index (χ0n) is 16.1. The molecular weight excluding hydrogens is 372 g/mol. The molecule has 2 N–H and O–H groups in total. The van der Waals surface area contributed by atoms with Gasteiger partial charge >= 0.3 is 0 Å². The summed E-state index contributed by atoms with van der Waals surface area (Å²) in [7, 11) is 0. The Morgan fingerprint density at radius 1 is 1.11 bits per heavy atom. The first kappa shape index (κ1) is 19.9. The fraction of sp³-hybridized carbons (Fsp3) is 0.286. The van der Waals surface area contributed by atoms with E-state index in [-0.39, 0.29) is 18.4 Å². The summed E-state index contributed by atoms with van der Waals surface area (Å²) in [5, 5.41) is 3.60. The number of hydrogen-bond donors (Lipinski definition) is 2. The van der Waals surface area contributed by atoms with Crippen LogP contribution in [0, 0.1) is 0 Å². The number of likely N-dealkylation sites (N-methyl/N-ethyl adjacent to an activating group) is 2. The SMILES string of the molecule is CCNC(=O)CN(CC)C(=O)c1ccc(CSc2nc3ccccc3[nH]2)cc1. The molecule has 1 aromatic heterocycles. The minimum absolute atomic E-state index is 0.0762. The van der Waals surface area contributed by atoms with Gasteiger partial charge in [0.25, 0.3) is 5.91 Å². The molecule has 2 aromatic carbocycles. The van der Waals surface area contributed by atoms with Crippen molar-refractivity contribution in [2.75, 3.05) is 19.6 Å². The molecule has 0 saturated heterocycles. The van der Waals surface area contributed by atoms with Crippen molar-refractivity contribution in [3.63, 3.8) is 0 Å². The number of fused-ring (bicyclic) bond motifs is 1. The van der Waals surface area contributed by atoms with Gasteiger partial charge in [0.2, 0.25) is 5.91 Å². The Bertz CT molecular complexity index is 919. The minimum Gasteiger partial charge on any atom is -0.355 e. The molecule has 0 saturated carbocycles. The van der Waals surface area contributed by atoms with Crippen molar-refractivity contribution in [3.8, 4) is 0 Å². The topological polar surface area (TPSA) is 78.1 Å². The van der Waals surface area contributed by atoms with Crippen molar-refractivity contribution >= 4 is 34.6 Å². The van der Waals surface area contributed by atoms with E-state index in [0.29, 0.717) is 18.7 Å². The number of H-pyrrole nitrogens is 1. The standard InChI is InChI=1S/C21H24N4O2S/c1-3-22-19(26)13-25(4-2)20(27)16-11-9-15(10-12-16)14-28-21-23-17-7-5-6-8-18(17)24-21/h5-12H,3-4,13-14H2,1-2H3,(H,22,26)(H,23,24). The van der Waals surface area contributed by atoms with E-state index >= 15 is 0 Å². The van der Waals surface area contributed by atoms with Crippen LogP contribution in [0.2, 0.25) is 0 Å². The van der Waals surface area contributed by atoms with Gasteiger partial charge in [-0.2, -0.15) is 0 Å². The van der Waals surface area contributed by atoms with E-state index < -0.39 is 0 Å². The third kappa shape index (κ3) is 4.92. The van der Waals surface area contributed by atoms with Crippen molar-refractivity contribution in [3.05, 3.63) is 59.7 Å². The summed E-state index contributed by atoms with van der Waals surface area (Å²) in [4.78, 5) is 33.8. The molecule has 3 aromatic rings. The second kappa shape index (κ2) is 9.41. The molecule has 28 heavy (non-hydrogen) atoms.